The standard InChI is InChI=1S/C19H27NS/c1-2-20-18(11-15-10-13-7-8-14(15)9-13)17-12-21-19-6-4-3-5-16(17)19/h3-6,13-15,17-18,20H,2,7-12H2,1H3. The third kappa shape index (κ3) is 2.66. The van der Waals surface area contributed by atoms with Gasteiger partial charge in [-0.05, 0) is 61.6 Å². The molecule has 1 aromatic rings. The van der Waals surface area contributed by atoms with E-state index in [0.29, 0.717) is 6.04 Å². The highest BCUT2D eigenvalue weighted by Crippen LogP contribution is 2.51. The SMILES string of the molecule is CCNC(CC1CC2CCC1C2)C1CSc2ccccc21. The van der Waals surface area contributed by atoms with Crippen molar-refractivity contribution in [1.82, 2.24) is 5.32 Å². The number of nitrogens with one attached hydrogen (secondary N) is 1. The van der Waals surface area contributed by atoms with Gasteiger partial charge in [0, 0.05) is 22.6 Å². The van der Waals surface area contributed by atoms with Crippen molar-refractivity contribution in [2.75, 3.05) is 12.3 Å². The summed E-state index contributed by atoms with van der Waals surface area (Å²) in [7, 11) is 0. The van der Waals surface area contributed by atoms with Crippen LogP contribution < -0.4 is 5.32 Å². The second kappa shape index (κ2) is 5.96. The normalized spacial score (nSPS) is 35.1. The summed E-state index contributed by atoms with van der Waals surface area (Å²) in [6, 6.07) is 9.77. The van der Waals surface area contributed by atoms with Crippen LogP contribution in [0.4, 0.5) is 0 Å². The van der Waals surface area contributed by atoms with Crippen molar-refractivity contribution in [1.29, 1.82) is 0 Å². The fourth-order valence-corrected chi connectivity index (χ4v) is 6.50. The Morgan fingerprint density at radius 1 is 1.24 bits per heavy atom. The summed E-state index contributed by atoms with van der Waals surface area (Å²) in [6.45, 7) is 3.37. The van der Waals surface area contributed by atoms with E-state index >= 15 is 0 Å². The van der Waals surface area contributed by atoms with Gasteiger partial charge in [0.2, 0.25) is 0 Å². The van der Waals surface area contributed by atoms with Crippen LogP contribution in [0.1, 0.15) is 50.5 Å². The maximum absolute atomic E-state index is 3.84. The van der Waals surface area contributed by atoms with E-state index in [1.807, 2.05) is 0 Å². The molecule has 2 fully saturated rings. The van der Waals surface area contributed by atoms with E-state index in [0.717, 1.165) is 30.2 Å². The molecule has 1 aromatic carbocycles. The molecule has 3 aliphatic rings. The Morgan fingerprint density at radius 3 is 2.90 bits per heavy atom. The van der Waals surface area contributed by atoms with E-state index < -0.39 is 0 Å². The summed E-state index contributed by atoms with van der Waals surface area (Å²) in [6.07, 6.45) is 7.52. The van der Waals surface area contributed by atoms with Gasteiger partial charge in [-0.3, -0.25) is 0 Å². The molecule has 2 bridgehead atoms. The molecule has 1 aliphatic heterocycles. The second-order valence-electron chi connectivity index (χ2n) is 7.29. The Balaban J connectivity index is 1.50. The molecule has 21 heavy (non-hydrogen) atoms. The number of fused-ring (bicyclic) bond motifs is 3. The van der Waals surface area contributed by atoms with Crippen LogP contribution in [0.3, 0.4) is 0 Å². The lowest BCUT2D eigenvalue weighted by Crippen LogP contribution is -2.37. The topological polar surface area (TPSA) is 12.0 Å². The van der Waals surface area contributed by atoms with Crippen LogP contribution >= 0.6 is 11.8 Å². The first-order valence-corrected chi connectivity index (χ1v) is 9.78. The van der Waals surface area contributed by atoms with E-state index in [2.05, 4.69) is 48.3 Å². The van der Waals surface area contributed by atoms with E-state index in [1.165, 1.54) is 36.3 Å². The predicted octanol–water partition coefficient (Wildman–Crippen LogP) is 4.68. The van der Waals surface area contributed by atoms with Crippen molar-refractivity contribution in [3.63, 3.8) is 0 Å². The molecule has 1 heterocycles. The van der Waals surface area contributed by atoms with Crippen molar-refractivity contribution in [2.45, 2.75) is 55.9 Å². The molecule has 114 valence electrons. The van der Waals surface area contributed by atoms with Gasteiger partial charge < -0.3 is 5.32 Å². The Morgan fingerprint density at radius 2 is 2.14 bits per heavy atom. The first-order valence-electron chi connectivity index (χ1n) is 8.80. The lowest BCUT2D eigenvalue weighted by atomic mass is 9.80. The third-order valence-corrected chi connectivity index (χ3v) is 7.34. The molecule has 1 nitrogen and oxygen atoms in total. The number of thioether (sulfide) groups is 1. The first-order chi connectivity index (χ1) is 10.3. The summed E-state index contributed by atoms with van der Waals surface area (Å²) in [5, 5.41) is 3.84. The fourth-order valence-electron chi connectivity index (χ4n) is 5.16. The summed E-state index contributed by atoms with van der Waals surface area (Å²) >= 11 is 2.06. The first kappa shape index (κ1) is 14.1. The molecule has 2 heteroatoms. The quantitative estimate of drug-likeness (QED) is 0.847. The third-order valence-electron chi connectivity index (χ3n) is 6.13. The summed E-state index contributed by atoms with van der Waals surface area (Å²) in [5.41, 5.74) is 1.61. The van der Waals surface area contributed by atoms with Crippen molar-refractivity contribution in [3.05, 3.63) is 29.8 Å². The average Bonchev–Trinajstić information content (AvgIpc) is 3.21. The van der Waals surface area contributed by atoms with E-state index in [1.54, 1.807) is 12.0 Å². The van der Waals surface area contributed by atoms with Gasteiger partial charge in [0.25, 0.3) is 0 Å². The minimum absolute atomic E-state index is 0.690. The van der Waals surface area contributed by atoms with Crippen molar-refractivity contribution >= 4 is 11.8 Å². The van der Waals surface area contributed by atoms with Crippen LogP contribution in [0.5, 0.6) is 0 Å². The zero-order valence-electron chi connectivity index (χ0n) is 13.1. The molecule has 0 saturated heterocycles. The lowest BCUT2D eigenvalue weighted by molar-refractivity contribution is 0.266. The van der Waals surface area contributed by atoms with Crippen molar-refractivity contribution < 1.29 is 0 Å². The van der Waals surface area contributed by atoms with Crippen LogP contribution in [0.15, 0.2) is 29.2 Å². The van der Waals surface area contributed by atoms with Gasteiger partial charge in [-0.15, -0.1) is 11.8 Å². The summed E-state index contributed by atoms with van der Waals surface area (Å²) in [5.74, 6) is 5.14. The summed E-state index contributed by atoms with van der Waals surface area (Å²) in [4.78, 5) is 1.53. The molecule has 2 aliphatic carbocycles. The largest absolute Gasteiger partial charge is 0.314 e. The highest BCUT2D eigenvalue weighted by Gasteiger charge is 2.41. The van der Waals surface area contributed by atoms with Crippen LogP contribution in [-0.4, -0.2) is 18.3 Å². The number of hydrogen-bond donors (Lipinski definition) is 1. The molecule has 2 saturated carbocycles. The van der Waals surface area contributed by atoms with Crippen LogP contribution in [0.2, 0.25) is 0 Å². The van der Waals surface area contributed by atoms with Gasteiger partial charge >= 0.3 is 0 Å². The lowest BCUT2D eigenvalue weighted by Gasteiger charge is -2.31. The van der Waals surface area contributed by atoms with Gasteiger partial charge in [0.15, 0.2) is 0 Å². The maximum atomic E-state index is 3.84. The zero-order chi connectivity index (χ0) is 14.2. The van der Waals surface area contributed by atoms with Crippen LogP contribution in [-0.2, 0) is 0 Å². The Labute approximate surface area is 133 Å². The van der Waals surface area contributed by atoms with Crippen LogP contribution in [0.25, 0.3) is 0 Å². The highest BCUT2D eigenvalue weighted by molar-refractivity contribution is 7.99. The minimum atomic E-state index is 0.690. The molecule has 0 aromatic heterocycles. The fraction of sp³-hybridized carbons (Fsp3) is 0.684. The van der Waals surface area contributed by atoms with E-state index in [9.17, 15) is 0 Å². The molecular formula is C19H27NS. The Bertz CT molecular complexity index is 500. The number of benzene rings is 1. The van der Waals surface area contributed by atoms with E-state index in [-0.39, 0.29) is 0 Å². The smallest absolute Gasteiger partial charge is 0.0147 e. The predicted molar refractivity (Wildman–Crippen MR) is 90.9 cm³/mol. The highest BCUT2D eigenvalue weighted by atomic mass is 32.2. The molecule has 0 amide bonds. The van der Waals surface area contributed by atoms with Gasteiger partial charge in [0.1, 0.15) is 0 Å². The number of rotatable bonds is 5. The second-order valence-corrected chi connectivity index (χ2v) is 8.35. The Kier molecular flexibility index (Phi) is 4.02. The van der Waals surface area contributed by atoms with Gasteiger partial charge in [-0.25, -0.2) is 0 Å². The van der Waals surface area contributed by atoms with Gasteiger partial charge in [-0.2, -0.15) is 0 Å². The van der Waals surface area contributed by atoms with Gasteiger partial charge in [0.05, 0.1) is 0 Å². The average molecular weight is 301 g/mol. The molecule has 4 rings (SSSR count). The van der Waals surface area contributed by atoms with Crippen molar-refractivity contribution in [2.24, 2.45) is 17.8 Å². The number of likely N-dealkylation sites (N-methyl/N-ethyl adjacent to an activating group) is 1. The minimum Gasteiger partial charge on any atom is -0.314 e. The Hall–Kier alpha value is -0.470. The molecular weight excluding hydrogens is 274 g/mol. The molecule has 1 N–H and O–H groups in total. The molecule has 0 radical (unpaired) electrons. The summed E-state index contributed by atoms with van der Waals surface area (Å²) < 4.78 is 0. The zero-order valence-corrected chi connectivity index (χ0v) is 13.9. The molecule has 0 spiro atoms. The van der Waals surface area contributed by atoms with Gasteiger partial charge in [-0.1, -0.05) is 31.5 Å². The van der Waals surface area contributed by atoms with Crippen LogP contribution in [0, 0.1) is 17.8 Å². The van der Waals surface area contributed by atoms with Crippen molar-refractivity contribution in [3.8, 4) is 0 Å². The molecule has 5 unspecified atom stereocenters. The van der Waals surface area contributed by atoms with E-state index in [4.69, 9.17) is 0 Å². The molecule has 5 atom stereocenters. The maximum Gasteiger partial charge on any atom is 0.0147 e. The monoisotopic (exact) mass is 301 g/mol. The number of hydrogen-bond acceptors (Lipinski definition) is 2.